The molecule has 0 bridgehead atoms. The Bertz CT molecular complexity index is 549. The first-order chi connectivity index (χ1) is 9.29. The monoisotopic (exact) mass is 277 g/mol. The highest BCUT2D eigenvalue weighted by Crippen LogP contribution is 2.21. The van der Waals surface area contributed by atoms with Gasteiger partial charge in [-0.15, -0.1) is 0 Å². The zero-order chi connectivity index (χ0) is 13.1. The Hall–Kier alpha value is -1.45. The summed E-state index contributed by atoms with van der Waals surface area (Å²) in [6, 6.07) is 10.1. The largest absolute Gasteiger partial charge is 0.486 e. The molecule has 1 aliphatic rings. The van der Waals surface area contributed by atoms with Crippen molar-refractivity contribution in [3.63, 3.8) is 0 Å². The molecular weight excluding hydrogens is 262 g/mol. The number of ether oxygens (including phenoxy) is 1. The van der Waals surface area contributed by atoms with Crippen LogP contribution in [-0.4, -0.2) is 6.04 Å². The second-order valence-electron chi connectivity index (χ2n) is 4.82. The van der Waals surface area contributed by atoms with Gasteiger partial charge in [0.2, 0.25) is 0 Å². The molecule has 19 heavy (non-hydrogen) atoms. The quantitative estimate of drug-likeness (QED) is 0.873. The lowest BCUT2D eigenvalue weighted by Crippen LogP contribution is -2.14. The molecule has 0 radical (unpaired) electrons. The van der Waals surface area contributed by atoms with E-state index in [9.17, 15) is 0 Å². The lowest BCUT2D eigenvalue weighted by molar-refractivity contribution is 0.270. The predicted octanol–water partition coefficient (Wildman–Crippen LogP) is 3.76. The SMILES string of the molecule is Clc1cccc(OCc2cc(CNC3CC3)co2)c1. The Morgan fingerprint density at radius 3 is 3.00 bits per heavy atom. The van der Waals surface area contributed by atoms with Gasteiger partial charge in [0.25, 0.3) is 0 Å². The molecule has 1 aromatic heterocycles. The minimum Gasteiger partial charge on any atom is -0.486 e. The Balaban J connectivity index is 1.51. The summed E-state index contributed by atoms with van der Waals surface area (Å²) < 4.78 is 11.1. The summed E-state index contributed by atoms with van der Waals surface area (Å²) >= 11 is 5.90. The van der Waals surface area contributed by atoms with Crippen LogP contribution in [0.1, 0.15) is 24.2 Å². The fourth-order valence-electron chi connectivity index (χ4n) is 1.86. The lowest BCUT2D eigenvalue weighted by atomic mass is 10.3. The molecule has 3 nitrogen and oxygen atoms in total. The fraction of sp³-hybridized carbons (Fsp3) is 0.333. The van der Waals surface area contributed by atoms with Crippen molar-refractivity contribution in [2.24, 2.45) is 0 Å². The van der Waals surface area contributed by atoms with E-state index < -0.39 is 0 Å². The summed E-state index contributed by atoms with van der Waals surface area (Å²) in [6.45, 7) is 1.29. The van der Waals surface area contributed by atoms with Crippen LogP contribution in [0.2, 0.25) is 5.02 Å². The van der Waals surface area contributed by atoms with Gasteiger partial charge in [-0.1, -0.05) is 17.7 Å². The third-order valence-corrected chi connectivity index (χ3v) is 3.29. The van der Waals surface area contributed by atoms with Crippen molar-refractivity contribution in [2.75, 3.05) is 0 Å². The second kappa shape index (κ2) is 5.68. The van der Waals surface area contributed by atoms with Crippen molar-refractivity contribution >= 4 is 11.6 Å². The maximum atomic E-state index is 5.90. The van der Waals surface area contributed by atoms with Crippen LogP contribution in [-0.2, 0) is 13.2 Å². The summed E-state index contributed by atoms with van der Waals surface area (Å²) in [4.78, 5) is 0. The number of hydrogen-bond acceptors (Lipinski definition) is 3. The lowest BCUT2D eigenvalue weighted by Gasteiger charge is -2.03. The van der Waals surface area contributed by atoms with Crippen molar-refractivity contribution in [3.8, 4) is 5.75 Å². The van der Waals surface area contributed by atoms with Gasteiger partial charge in [-0.2, -0.15) is 0 Å². The van der Waals surface area contributed by atoms with Gasteiger partial charge in [-0.05, 0) is 37.1 Å². The molecule has 0 unspecified atom stereocenters. The smallest absolute Gasteiger partial charge is 0.146 e. The van der Waals surface area contributed by atoms with Crippen LogP contribution in [0.4, 0.5) is 0 Å². The van der Waals surface area contributed by atoms with Crippen molar-refractivity contribution < 1.29 is 9.15 Å². The molecule has 1 fully saturated rings. The van der Waals surface area contributed by atoms with E-state index in [2.05, 4.69) is 5.32 Å². The molecule has 1 aromatic carbocycles. The topological polar surface area (TPSA) is 34.4 Å². The number of halogens is 1. The Morgan fingerprint density at radius 2 is 2.21 bits per heavy atom. The van der Waals surface area contributed by atoms with Crippen molar-refractivity contribution in [1.82, 2.24) is 5.32 Å². The minimum atomic E-state index is 0.420. The van der Waals surface area contributed by atoms with Gasteiger partial charge in [0.05, 0.1) is 6.26 Å². The standard InChI is InChI=1S/C15H16ClNO2/c16-12-2-1-3-14(7-12)19-10-15-6-11(9-18-15)8-17-13-4-5-13/h1-3,6-7,9,13,17H,4-5,8,10H2. The Labute approximate surface area is 117 Å². The first-order valence-corrected chi connectivity index (χ1v) is 6.85. The van der Waals surface area contributed by atoms with E-state index in [1.807, 2.05) is 24.3 Å². The van der Waals surface area contributed by atoms with Crippen LogP contribution < -0.4 is 10.1 Å². The van der Waals surface area contributed by atoms with Crippen LogP contribution >= 0.6 is 11.6 Å². The summed E-state index contributed by atoms with van der Waals surface area (Å²) in [6.07, 6.45) is 4.37. The van der Waals surface area contributed by atoms with Crippen LogP contribution in [0.15, 0.2) is 41.0 Å². The van der Waals surface area contributed by atoms with E-state index in [1.54, 1.807) is 12.3 Å². The zero-order valence-electron chi connectivity index (χ0n) is 10.6. The molecule has 3 rings (SSSR count). The molecule has 0 amide bonds. The predicted molar refractivity (Wildman–Crippen MR) is 74.4 cm³/mol. The third-order valence-electron chi connectivity index (χ3n) is 3.06. The van der Waals surface area contributed by atoms with Crippen LogP contribution in [0.3, 0.4) is 0 Å². The molecule has 1 saturated carbocycles. The first kappa shape index (κ1) is 12.6. The van der Waals surface area contributed by atoms with Crippen molar-refractivity contribution in [3.05, 3.63) is 52.9 Å². The number of hydrogen-bond donors (Lipinski definition) is 1. The molecule has 0 saturated heterocycles. The summed E-state index contributed by atoms with van der Waals surface area (Å²) in [5.41, 5.74) is 1.16. The Kier molecular flexibility index (Phi) is 3.76. The highest BCUT2D eigenvalue weighted by molar-refractivity contribution is 6.30. The molecular formula is C15H16ClNO2. The molecule has 1 aliphatic carbocycles. The number of furan rings is 1. The molecule has 1 N–H and O–H groups in total. The summed E-state index contributed by atoms with van der Waals surface area (Å²) in [7, 11) is 0. The fourth-order valence-corrected chi connectivity index (χ4v) is 2.04. The number of rotatable bonds is 6. The number of benzene rings is 1. The first-order valence-electron chi connectivity index (χ1n) is 6.47. The molecule has 4 heteroatoms. The van der Waals surface area contributed by atoms with E-state index >= 15 is 0 Å². The van der Waals surface area contributed by atoms with Gasteiger partial charge >= 0.3 is 0 Å². The van der Waals surface area contributed by atoms with Crippen LogP contribution in [0.25, 0.3) is 0 Å². The third kappa shape index (κ3) is 3.75. The molecule has 0 atom stereocenters. The van der Waals surface area contributed by atoms with Gasteiger partial charge in [0.1, 0.15) is 18.1 Å². The molecule has 100 valence electrons. The van der Waals surface area contributed by atoms with Gasteiger partial charge < -0.3 is 14.5 Å². The zero-order valence-corrected chi connectivity index (χ0v) is 11.3. The van der Waals surface area contributed by atoms with E-state index in [1.165, 1.54) is 12.8 Å². The van der Waals surface area contributed by atoms with Crippen LogP contribution in [0, 0.1) is 0 Å². The summed E-state index contributed by atoms with van der Waals surface area (Å²) in [5.74, 6) is 1.58. The van der Waals surface area contributed by atoms with E-state index in [-0.39, 0.29) is 0 Å². The van der Waals surface area contributed by atoms with Gasteiger partial charge in [0.15, 0.2) is 0 Å². The number of nitrogens with one attached hydrogen (secondary N) is 1. The molecule has 0 spiro atoms. The minimum absolute atomic E-state index is 0.420. The molecule has 2 aromatic rings. The Morgan fingerprint density at radius 1 is 1.32 bits per heavy atom. The highest BCUT2D eigenvalue weighted by Gasteiger charge is 2.20. The molecule has 1 heterocycles. The second-order valence-corrected chi connectivity index (χ2v) is 5.26. The van der Waals surface area contributed by atoms with E-state index in [0.29, 0.717) is 17.7 Å². The summed E-state index contributed by atoms with van der Waals surface area (Å²) in [5, 5.41) is 4.12. The highest BCUT2D eigenvalue weighted by atomic mass is 35.5. The maximum absolute atomic E-state index is 5.90. The van der Waals surface area contributed by atoms with Crippen molar-refractivity contribution in [1.29, 1.82) is 0 Å². The van der Waals surface area contributed by atoms with Gasteiger partial charge in [0, 0.05) is 23.2 Å². The van der Waals surface area contributed by atoms with Gasteiger partial charge in [-0.3, -0.25) is 0 Å². The normalized spacial score (nSPS) is 14.6. The van der Waals surface area contributed by atoms with Crippen molar-refractivity contribution in [2.45, 2.75) is 32.0 Å². The van der Waals surface area contributed by atoms with Crippen LogP contribution in [0.5, 0.6) is 5.75 Å². The average molecular weight is 278 g/mol. The van der Waals surface area contributed by atoms with Gasteiger partial charge in [-0.25, -0.2) is 0 Å². The maximum Gasteiger partial charge on any atom is 0.146 e. The van der Waals surface area contributed by atoms with E-state index in [0.717, 1.165) is 23.6 Å². The molecule has 0 aliphatic heterocycles. The van der Waals surface area contributed by atoms with E-state index in [4.69, 9.17) is 20.8 Å². The average Bonchev–Trinajstić information content (AvgIpc) is 3.13.